The Labute approximate surface area is 148 Å². The molecule has 2 aromatic carbocycles. The minimum absolute atomic E-state index is 0.0559. The van der Waals surface area contributed by atoms with Gasteiger partial charge in [-0.15, -0.1) is 0 Å². The second-order valence-electron chi connectivity index (χ2n) is 5.53. The van der Waals surface area contributed by atoms with Gasteiger partial charge in [-0.3, -0.25) is 9.59 Å². The number of fused-ring (bicyclic) bond motifs is 1. The van der Waals surface area contributed by atoms with Gasteiger partial charge in [-0.1, -0.05) is 30.3 Å². The largest absolute Gasteiger partial charge is 0.438 e. The summed E-state index contributed by atoms with van der Waals surface area (Å²) in [6.45, 7) is 0. The Bertz CT molecular complexity index is 1150. The van der Waals surface area contributed by atoms with Crippen molar-refractivity contribution in [2.45, 2.75) is 0 Å². The van der Waals surface area contributed by atoms with Gasteiger partial charge >= 0.3 is 0 Å². The zero-order valence-corrected chi connectivity index (χ0v) is 13.5. The quantitative estimate of drug-likeness (QED) is 0.575. The molecule has 0 bridgehead atoms. The molecule has 6 heteroatoms. The van der Waals surface area contributed by atoms with E-state index in [4.69, 9.17) is 4.74 Å². The number of rotatable bonds is 4. The highest BCUT2D eigenvalue weighted by Gasteiger charge is 2.19. The van der Waals surface area contributed by atoms with Crippen LogP contribution in [-0.2, 0) is 0 Å². The Hall–Kier alpha value is -3.80. The van der Waals surface area contributed by atoms with E-state index in [0.717, 1.165) is 0 Å². The maximum Gasteiger partial charge on any atom is 0.259 e. The smallest absolute Gasteiger partial charge is 0.259 e. The topological polar surface area (TPSA) is 84.9 Å². The first kappa shape index (κ1) is 15.7. The number of hydrogen-bond acceptors (Lipinski definition) is 5. The van der Waals surface area contributed by atoms with E-state index in [1.807, 2.05) is 18.2 Å². The Morgan fingerprint density at radius 1 is 0.923 bits per heavy atom. The molecule has 2 heterocycles. The van der Waals surface area contributed by atoms with Crippen LogP contribution in [0.2, 0.25) is 0 Å². The Morgan fingerprint density at radius 3 is 2.54 bits per heavy atom. The number of ketones is 1. The van der Waals surface area contributed by atoms with Gasteiger partial charge in [-0.05, 0) is 36.4 Å². The van der Waals surface area contributed by atoms with Gasteiger partial charge < -0.3 is 9.72 Å². The van der Waals surface area contributed by atoms with E-state index in [-0.39, 0.29) is 22.8 Å². The van der Waals surface area contributed by atoms with Gasteiger partial charge in [0.25, 0.3) is 5.56 Å². The minimum atomic E-state index is -0.466. The zero-order valence-electron chi connectivity index (χ0n) is 13.5. The lowest BCUT2D eigenvalue weighted by molar-refractivity contribution is 0.102. The molecule has 126 valence electrons. The van der Waals surface area contributed by atoms with Crippen LogP contribution in [0.15, 0.2) is 77.7 Å². The summed E-state index contributed by atoms with van der Waals surface area (Å²) in [5.41, 5.74) is 0.303. The van der Waals surface area contributed by atoms with Crippen LogP contribution < -0.4 is 10.3 Å². The first-order chi connectivity index (χ1) is 12.7. The molecule has 1 N–H and O–H groups in total. The summed E-state index contributed by atoms with van der Waals surface area (Å²) in [4.78, 5) is 36.1. The molecule has 6 nitrogen and oxygen atoms in total. The van der Waals surface area contributed by atoms with Crippen molar-refractivity contribution in [2.75, 3.05) is 0 Å². The summed E-state index contributed by atoms with van der Waals surface area (Å²) in [7, 11) is 0. The molecule has 0 saturated carbocycles. The number of nitrogens with zero attached hydrogens (tertiary/aromatic N) is 2. The summed E-state index contributed by atoms with van der Waals surface area (Å²) < 4.78 is 5.72. The third kappa shape index (κ3) is 2.95. The standard InChI is InChI=1S/C20H13N3O3/c24-17(18-22-16-11-5-4-9-14(16)19(25)23-18)15-10-6-12-21-20(15)26-13-7-2-1-3-8-13/h1-12H,(H,22,23,25). The van der Waals surface area contributed by atoms with Gasteiger partial charge in [0.15, 0.2) is 5.82 Å². The highest BCUT2D eigenvalue weighted by Crippen LogP contribution is 2.24. The van der Waals surface area contributed by atoms with E-state index in [1.54, 1.807) is 48.5 Å². The third-order valence-corrected chi connectivity index (χ3v) is 3.80. The number of carbonyl (C=O) groups is 1. The van der Waals surface area contributed by atoms with Crippen molar-refractivity contribution in [1.82, 2.24) is 15.0 Å². The van der Waals surface area contributed by atoms with Crippen molar-refractivity contribution >= 4 is 16.7 Å². The lowest BCUT2D eigenvalue weighted by Crippen LogP contribution is -2.17. The Balaban J connectivity index is 1.76. The molecule has 0 amide bonds. The van der Waals surface area contributed by atoms with E-state index >= 15 is 0 Å². The van der Waals surface area contributed by atoms with E-state index < -0.39 is 5.78 Å². The highest BCUT2D eigenvalue weighted by molar-refractivity contribution is 6.08. The van der Waals surface area contributed by atoms with Gasteiger partial charge in [-0.2, -0.15) is 0 Å². The van der Waals surface area contributed by atoms with Gasteiger partial charge in [0.2, 0.25) is 11.7 Å². The maximum atomic E-state index is 12.9. The molecular weight excluding hydrogens is 330 g/mol. The molecule has 0 fully saturated rings. The van der Waals surface area contributed by atoms with Crippen molar-refractivity contribution in [3.63, 3.8) is 0 Å². The van der Waals surface area contributed by atoms with Crippen LogP contribution in [-0.4, -0.2) is 20.7 Å². The van der Waals surface area contributed by atoms with Gasteiger partial charge in [0.1, 0.15) is 5.75 Å². The lowest BCUT2D eigenvalue weighted by atomic mass is 10.1. The third-order valence-electron chi connectivity index (χ3n) is 3.80. The number of ether oxygens (including phenoxy) is 1. The van der Waals surface area contributed by atoms with Crippen LogP contribution in [0.4, 0.5) is 0 Å². The number of para-hydroxylation sites is 2. The fraction of sp³-hybridized carbons (Fsp3) is 0. The number of pyridine rings is 1. The fourth-order valence-corrected chi connectivity index (χ4v) is 2.57. The van der Waals surface area contributed by atoms with Gasteiger partial charge in [0.05, 0.1) is 16.5 Å². The second kappa shape index (κ2) is 6.60. The van der Waals surface area contributed by atoms with E-state index in [9.17, 15) is 9.59 Å². The predicted octanol–water partition coefficient (Wildman–Crippen LogP) is 3.34. The Morgan fingerprint density at radius 2 is 1.69 bits per heavy atom. The molecule has 4 rings (SSSR count). The number of benzene rings is 2. The summed E-state index contributed by atoms with van der Waals surface area (Å²) in [6.07, 6.45) is 1.53. The molecular formula is C20H13N3O3. The summed E-state index contributed by atoms with van der Waals surface area (Å²) in [5.74, 6) is 0.186. The second-order valence-corrected chi connectivity index (χ2v) is 5.53. The van der Waals surface area contributed by atoms with Crippen LogP contribution in [0, 0.1) is 0 Å². The average molecular weight is 343 g/mol. The summed E-state index contributed by atoms with van der Waals surface area (Å²) >= 11 is 0. The summed E-state index contributed by atoms with van der Waals surface area (Å²) in [5, 5.41) is 0.427. The summed E-state index contributed by atoms with van der Waals surface area (Å²) in [6, 6.07) is 19.1. The molecule has 2 aromatic heterocycles. The molecule has 0 atom stereocenters. The van der Waals surface area contributed by atoms with Crippen LogP contribution in [0.1, 0.15) is 16.2 Å². The molecule has 0 radical (unpaired) electrons. The number of H-pyrrole nitrogens is 1. The molecule has 0 aliphatic rings. The van der Waals surface area contributed by atoms with E-state index in [1.165, 1.54) is 6.20 Å². The van der Waals surface area contributed by atoms with Crippen molar-refractivity contribution < 1.29 is 9.53 Å². The van der Waals surface area contributed by atoms with Crippen molar-refractivity contribution in [2.24, 2.45) is 0 Å². The van der Waals surface area contributed by atoms with Crippen LogP contribution in [0.3, 0.4) is 0 Å². The molecule has 0 saturated heterocycles. The lowest BCUT2D eigenvalue weighted by Gasteiger charge is -2.09. The average Bonchev–Trinajstić information content (AvgIpc) is 2.69. The van der Waals surface area contributed by atoms with Gasteiger partial charge in [-0.25, -0.2) is 9.97 Å². The van der Waals surface area contributed by atoms with E-state index in [2.05, 4.69) is 15.0 Å². The van der Waals surface area contributed by atoms with Crippen molar-refractivity contribution in [1.29, 1.82) is 0 Å². The van der Waals surface area contributed by atoms with Crippen LogP contribution in [0.25, 0.3) is 10.9 Å². The van der Waals surface area contributed by atoms with E-state index in [0.29, 0.717) is 16.7 Å². The molecule has 26 heavy (non-hydrogen) atoms. The van der Waals surface area contributed by atoms with Crippen molar-refractivity contribution in [3.8, 4) is 11.6 Å². The zero-order chi connectivity index (χ0) is 17.9. The number of aromatic amines is 1. The van der Waals surface area contributed by atoms with Gasteiger partial charge in [0, 0.05) is 6.20 Å². The fourth-order valence-electron chi connectivity index (χ4n) is 2.57. The highest BCUT2D eigenvalue weighted by atomic mass is 16.5. The monoisotopic (exact) mass is 343 g/mol. The number of aromatic nitrogens is 3. The number of hydrogen-bond donors (Lipinski definition) is 1. The number of carbonyl (C=O) groups excluding carboxylic acids is 1. The molecule has 0 aliphatic heterocycles. The molecule has 0 spiro atoms. The molecule has 0 aliphatic carbocycles. The first-order valence-electron chi connectivity index (χ1n) is 7.94. The normalized spacial score (nSPS) is 10.6. The Kier molecular flexibility index (Phi) is 3.99. The van der Waals surface area contributed by atoms with Crippen LogP contribution in [0.5, 0.6) is 11.6 Å². The molecule has 0 unspecified atom stereocenters. The van der Waals surface area contributed by atoms with Crippen molar-refractivity contribution in [3.05, 3.63) is 94.7 Å². The maximum absolute atomic E-state index is 12.9. The predicted molar refractivity (Wildman–Crippen MR) is 96.5 cm³/mol. The SMILES string of the molecule is O=C(c1nc2ccccc2c(=O)[nH]1)c1cccnc1Oc1ccccc1. The minimum Gasteiger partial charge on any atom is -0.438 e. The van der Waals surface area contributed by atoms with Crippen LogP contribution >= 0.6 is 0 Å². The number of nitrogens with one attached hydrogen (secondary N) is 1. The molecule has 4 aromatic rings. The first-order valence-corrected chi connectivity index (χ1v) is 7.94.